The van der Waals surface area contributed by atoms with Gasteiger partial charge in [-0.2, -0.15) is 5.10 Å². The molecule has 2 bridgehead atoms. The van der Waals surface area contributed by atoms with Gasteiger partial charge in [-0.15, -0.1) is 0 Å². The maximum absolute atomic E-state index is 5.58. The topological polar surface area (TPSA) is 43.2 Å². The van der Waals surface area contributed by atoms with Crippen LogP contribution in [0.5, 0.6) is 5.75 Å². The zero-order chi connectivity index (χ0) is 18.2. The van der Waals surface area contributed by atoms with E-state index in [1.165, 1.54) is 35.2 Å². The van der Waals surface area contributed by atoms with Gasteiger partial charge in [0, 0.05) is 54.9 Å². The first kappa shape index (κ1) is 16.5. The molecule has 1 fully saturated rings. The van der Waals surface area contributed by atoms with Crippen LogP contribution in [0.1, 0.15) is 41.3 Å². The highest BCUT2D eigenvalue weighted by atomic mass is 16.5. The maximum Gasteiger partial charge on any atom is 0.123 e. The lowest BCUT2D eigenvalue weighted by atomic mass is 9.97. The van der Waals surface area contributed by atoms with Crippen LogP contribution in [0.25, 0.3) is 0 Å². The third-order valence-electron chi connectivity index (χ3n) is 5.96. The molecule has 4 heterocycles. The molecule has 0 radical (unpaired) electrons. The molecule has 2 aliphatic rings. The van der Waals surface area contributed by atoms with Crippen molar-refractivity contribution in [3.8, 4) is 5.75 Å². The Bertz CT molecular complexity index is 937. The number of ether oxygens (including phenoxy) is 1. The molecule has 2 aromatic heterocycles. The van der Waals surface area contributed by atoms with Gasteiger partial charge in [0.15, 0.2) is 0 Å². The highest BCUT2D eigenvalue weighted by Crippen LogP contribution is 2.43. The summed E-state index contributed by atoms with van der Waals surface area (Å²) < 4.78 is 7.52. The van der Waals surface area contributed by atoms with Gasteiger partial charge in [0.25, 0.3) is 0 Å². The van der Waals surface area contributed by atoms with Crippen molar-refractivity contribution in [2.45, 2.75) is 44.4 Å². The number of pyridine rings is 1. The fourth-order valence-corrected chi connectivity index (χ4v) is 4.71. The fourth-order valence-electron chi connectivity index (χ4n) is 4.71. The van der Waals surface area contributed by atoms with E-state index in [0.29, 0.717) is 12.1 Å². The van der Waals surface area contributed by atoms with E-state index < -0.39 is 0 Å². The Morgan fingerprint density at radius 1 is 1.11 bits per heavy atom. The van der Waals surface area contributed by atoms with Crippen molar-refractivity contribution in [2.24, 2.45) is 0 Å². The lowest BCUT2D eigenvalue weighted by Gasteiger charge is -2.35. The van der Waals surface area contributed by atoms with Gasteiger partial charge in [0.1, 0.15) is 5.75 Å². The lowest BCUT2D eigenvalue weighted by molar-refractivity contribution is 0.166. The molecule has 3 aromatic rings. The van der Waals surface area contributed by atoms with E-state index in [4.69, 9.17) is 4.74 Å². The molecular weight excluding hydrogens is 336 g/mol. The van der Waals surface area contributed by atoms with Crippen LogP contribution in [0.15, 0.2) is 55.0 Å². The first-order chi connectivity index (χ1) is 13.3. The number of hydrogen-bond donors (Lipinski definition) is 0. The van der Waals surface area contributed by atoms with Crippen LogP contribution in [0.2, 0.25) is 0 Å². The molecule has 5 nitrogen and oxygen atoms in total. The molecule has 1 aromatic carbocycles. The van der Waals surface area contributed by atoms with Gasteiger partial charge in [0.2, 0.25) is 0 Å². The normalized spacial score (nSPS) is 21.2. The summed E-state index contributed by atoms with van der Waals surface area (Å²) in [6, 6.07) is 14.0. The molecule has 2 atom stereocenters. The third kappa shape index (κ3) is 3.02. The summed E-state index contributed by atoms with van der Waals surface area (Å²) in [5.41, 5.74) is 5.24. The van der Waals surface area contributed by atoms with Crippen LogP contribution in [0.3, 0.4) is 0 Å². The molecule has 0 amide bonds. The molecule has 0 N–H and O–H groups in total. The first-order valence-corrected chi connectivity index (χ1v) is 9.64. The number of fused-ring (bicyclic) bond motifs is 4. The zero-order valence-corrected chi connectivity index (χ0v) is 15.6. The average Bonchev–Trinajstić information content (AvgIpc) is 3.29. The van der Waals surface area contributed by atoms with Crippen LogP contribution >= 0.6 is 0 Å². The minimum absolute atomic E-state index is 0.504. The number of methoxy groups -OCH3 is 1. The average molecular weight is 360 g/mol. The summed E-state index contributed by atoms with van der Waals surface area (Å²) in [5, 5.41) is 4.34. The second kappa shape index (κ2) is 6.82. The summed E-state index contributed by atoms with van der Waals surface area (Å²) >= 11 is 0. The highest BCUT2D eigenvalue weighted by Gasteiger charge is 2.40. The van der Waals surface area contributed by atoms with Gasteiger partial charge in [-0.05, 0) is 48.2 Å². The summed E-state index contributed by atoms with van der Waals surface area (Å²) in [4.78, 5) is 7.30. The van der Waals surface area contributed by atoms with Crippen molar-refractivity contribution in [1.29, 1.82) is 0 Å². The smallest absolute Gasteiger partial charge is 0.123 e. The summed E-state index contributed by atoms with van der Waals surface area (Å²) in [6.07, 6.45) is 9.30. The molecule has 0 saturated carbocycles. The Hall–Kier alpha value is -2.66. The van der Waals surface area contributed by atoms with Crippen molar-refractivity contribution in [1.82, 2.24) is 19.7 Å². The molecule has 138 valence electrons. The maximum atomic E-state index is 5.58. The van der Waals surface area contributed by atoms with Crippen LogP contribution in [0, 0.1) is 0 Å². The van der Waals surface area contributed by atoms with E-state index in [1.807, 2.05) is 29.3 Å². The molecule has 2 aliphatic heterocycles. The highest BCUT2D eigenvalue weighted by molar-refractivity contribution is 5.38. The van der Waals surface area contributed by atoms with Crippen LogP contribution in [-0.2, 0) is 19.5 Å². The number of nitrogens with zero attached hydrogens (tertiary/aromatic N) is 4. The minimum atomic E-state index is 0.504. The van der Waals surface area contributed by atoms with Crippen LogP contribution in [0.4, 0.5) is 0 Å². The number of benzene rings is 1. The Kier molecular flexibility index (Phi) is 4.17. The number of rotatable bonds is 5. The summed E-state index contributed by atoms with van der Waals surface area (Å²) in [6.45, 7) is 1.70. The van der Waals surface area contributed by atoms with Crippen molar-refractivity contribution in [3.63, 3.8) is 0 Å². The van der Waals surface area contributed by atoms with Gasteiger partial charge in [-0.1, -0.05) is 12.1 Å². The summed E-state index contributed by atoms with van der Waals surface area (Å²) in [7, 11) is 1.73. The van der Waals surface area contributed by atoms with E-state index in [2.05, 4.69) is 45.3 Å². The van der Waals surface area contributed by atoms with E-state index in [0.717, 1.165) is 25.3 Å². The van der Waals surface area contributed by atoms with Crippen molar-refractivity contribution >= 4 is 0 Å². The van der Waals surface area contributed by atoms with Gasteiger partial charge in [-0.3, -0.25) is 14.6 Å². The van der Waals surface area contributed by atoms with Crippen LogP contribution in [-0.4, -0.2) is 32.8 Å². The Morgan fingerprint density at radius 2 is 2.07 bits per heavy atom. The SMILES string of the molecule is COc1ccc(CN2[C@@H]3CC[C@@H]2c2cccnc2C3)cc1Cn1cccn1. The number of aromatic nitrogens is 3. The monoisotopic (exact) mass is 360 g/mol. The number of hydrogen-bond acceptors (Lipinski definition) is 4. The van der Waals surface area contributed by atoms with Gasteiger partial charge in [0.05, 0.1) is 13.7 Å². The molecule has 0 unspecified atom stereocenters. The van der Waals surface area contributed by atoms with E-state index in [-0.39, 0.29) is 0 Å². The molecule has 1 saturated heterocycles. The molecule has 0 aliphatic carbocycles. The third-order valence-corrected chi connectivity index (χ3v) is 5.96. The van der Waals surface area contributed by atoms with E-state index in [9.17, 15) is 0 Å². The second-order valence-electron chi connectivity index (χ2n) is 7.51. The Labute approximate surface area is 159 Å². The zero-order valence-electron chi connectivity index (χ0n) is 15.6. The van der Waals surface area contributed by atoms with Crippen molar-refractivity contribution in [3.05, 3.63) is 77.4 Å². The largest absolute Gasteiger partial charge is 0.496 e. The molecule has 5 rings (SSSR count). The fraction of sp³-hybridized carbons (Fsp3) is 0.364. The second-order valence-corrected chi connectivity index (χ2v) is 7.51. The standard InChI is InChI=1S/C22H24N4O/c1-27-22-8-5-16(12-17(22)15-25-11-3-10-24-25)14-26-18-6-7-21(26)19-4-2-9-23-20(19)13-18/h2-5,8-12,18,21H,6-7,13-15H2,1H3/t18-,21-/m1/s1. The predicted octanol–water partition coefficient (Wildman–Crippen LogP) is 3.60. The Morgan fingerprint density at radius 3 is 2.93 bits per heavy atom. The molecule has 0 spiro atoms. The van der Waals surface area contributed by atoms with Crippen LogP contribution < -0.4 is 4.74 Å². The van der Waals surface area contributed by atoms with E-state index >= 15 is 0 Å². The lowest BCUT2D eigenvalue weighted by Crippen LogP contribution is -2.37. The first-order valence-electron chi connectivity index (χ1n) is 9.64. The minimum Gasteiger partial charge on any atom is -0.496 e. The summed E-state index contributed by atoms with van der Waals surface area (Å²) in [5.74, 6) is 0.922. The van der Waals surface area contributed by atoms with Gasteiger partial charge in [-0.25, -0.2) is 0 Å². The quantitative estimate of drug-likeness (QED) is 0.697. The Balaban J connectivity index is 1.41. The van der Waals surface area contributed by atoms with Crippen molar-refractivity contribution in [2.75, 3.05) is 7.11 Å². The molecule has 27 heavy (non-hydrogen) atoms. The molecular formula is C22H24N4O. The predicted molar refractivity (Wildman–Crippen MR) is 104 cm³/mol. The van der Waals surface area contributed by atoms with Gasteiger partial charge < -0.3 is 4.74 Å². The van der Waals surface area contributed by atoms with E-state index in [1.54, 1.807) is 7.11 Å². The van der Waals surface area contributed by atoms with Crippen molar-refractivity contribution < 1.29 is 4.74 Å². The molecule has 5 heteroatoms. The van der Waals surface area contributed by atoms with Gasteiger partial charge >= 0.3 is 0 Å².